The predicted molar refractivity (Wildman–Crippen MR) is 131 cm³/mol. The number of non-ortho nitro benzene ring substituents is 2. The Morgan fingerprint density at radius 1 is 0.442 bits per heavy atom. The van der Waals surface area contributed by atoms with Gasteiger partial charge in [0, 0.05) is 35.4 Å². The number of nitro benzene ring substituents is 2. The van der Waals surface area contributed by atoms with Gasteiger partial charge in [-0.25, -0.2) is 0 Å². The summed E-state index contributed by atoms with van der Waals surface area (Å²) in [5, 5.41) is 21.8. The number of rotatable bonds is 8. The second kappa shape index (κ2) is 12.8. The lowest BCUT2D eigenvalue weighted by Gasteiger charge is -2.40. The molecule has 3 aromatic carbocycles. The molecule has 0 N–H and O–H groups in total. The molecule has 0 aliphatic heterocycles. The number of hydrogen-bond donors (Lipinski definition) is 0. The van der Waals surface area contributed by atoms with E-state index in [1.54, 1.807) is 0 Å². The normalized spacial score (nSPS) is 13.9. The summed E-state index contributed by atoms with van der Waals surface area (Å²) in [5.41, 5.74) is -27.1. The van der Waals surface area contributed by atoms with Crippen LogP contribution in [0.25, 0.3) is 0 Å². The van der Waals surface area contributed by atoms with Gasteiger partial charge >= 0.3 is 48.3 Å². The van der Waals surface area contributed by atoms with Crippen molar-refractivity contribution in [2.24, 2.45) is 0 Å². The zero-order valence-electron chi connectivity index (χ0n) is 23.9. The summed E-state index contributed by atoms with van der Waals surface area (Å²) in [5.74, 6) is -5.07. The first-order chi connectivity index (χ1) is 23.2. The molecule has 0 heterocycles. The van der Waals surface area contributed by atoms with E-state index in [4.69, 9.17) is 0 Å². The Labute approximate surface area is 273 Å². The lowest BCUT2D eigenvalue weighted by atomic mass is 9.85. The van der Waals surface area contributed by atoms with Crippen molar-refractivity contribution in [3.8, 4) is 11.5 Å². The van der Waals surface area contributed by atoms with Crippen molar-refractivity contribution in [2.45, 2.75) is 48.3 Å². The van der Waals surface area contributed by atoms with E-state index in [1.807, 2.05) is 0 Å². The molecule has 0 saturated carbocycles. The van der Waals surface area contributed by atoms with Gasteiger partial charge in [0.2, 0.25) is 0 Å². The fourth-order valence-electron chi connectivity index (χ4n) is 4.50. The molecule has 0 spiro atoms. The average Bonchev–Trinajstić information content (AvgIpc) is 2.94. The first-order valence-corrected chi connectivity index (χ1v) is 12.7. The summed E-state index contributed by atoms with van der Waals surface area (Å²) in [6.45, 7) is 0. The Kier molecular flexibility index (Phi) is 10.1. The topological polar surface area (TPSA) is 105 Å². The minimum Gasteiger partial charge on any atom is -0.464 e. The molecule has 3 rings (SSSR count). The Hall–Kier alpha value is -5.20. The molecule has 0 fully saturated rings. The van der Waals surface area contributed by atoms with E-state index in [-0.39, 0.29) is 18.2 Å². The molecule has 0 aliphatic rings. The standard InChI is InChI=1S/C26H10F18N2O6/c27-21(28,29)15-9-13(45(47)48)4-6-17(15)51-19(23(33,34)35,24(36,37)38)11-2-1-3-12(8-11)20(25(39,40)41,26(42,43)44)52-18-7-5-14(46(49)50)10-16(18)22(30,31)32/h1-10H. The zero-order chi connectivity index (χ0) is 40.3. The van der Waals surface area contributed by atoms with E-state index in [0.29, 0.717) is 0 Å². The molecule has 0 aromatic heterocycles. The van der Waals surface area contributed by atoms with Gasteiger partial charge in [-0.15, -0.1) is 0 Å². The maximum absolute atomic E-state index is 14.5. The van der Waals surface area contributed by atoms with Crippen molar-refractivity contribution in [3.05, 3.63) is 103 Å². The first-order valence-electron chi connectivity index (χ1n) is 12.7. The van der Waals surface area contributed by atoms with Crippen molar-refractivity contribution in [1.29, 1.82) is 0 Å². The van der Waals surface area contributed by atoms with Gasteiger partial charge < -0.3 is 9.47 Å². The van der Waals surface area contributed by atoms with Gasteiger partial charge in [-0.3, -0.25) is 20.2 Å². The number of nitrogens with zero attached hydrogens (tertiary/aromatic N) is 2. The summed E-state index contributed by atoms with van der Waals surface area (Å²) in [7, 11) is 0. The zero-order valence-corrected chi connectivity index (χ0v) is 23.9. The molecule has 3 aromatic rings. The third kappa shape index (κ3) is 7.26. The number of ether oxygens (including phenoxy) is 2. The molecule has 8 nitrogen and oxygen atoms in total. The quantitative estimate of drug-likeness (QED) is 0.128. The van der Waals surface area contributed by atoms with Gasteiger partial charge in [0.25, 0.3) is 11.4 Å². The van der Waals surface area contributed by atoms with Gasteiger partial charge in [0.1, 0.15) is 22.6 Å². The van der Waals surface area contributed by atoms with Crippen molar-refractivity contribution in [3.63, 3.8) is 0 Å². The van der Waals surface area contributed by atoms with Crippen LogP contribution in [0.1, 0.15) is 22.3 Å². The van der Waals surface area contributed by atoms with Gasteiger partial charge in [0.05, 0.1) is 9.85 Å². The van der Waals surface area contributed by atoms with Gasteiger partial charge in [0.15, 0.2) is 0 Å². The Morgan fingerprint density at radius 2 is 0.731 bits per heavy atom. The third-order valence-corrected chi connectivity index (χ3v) is 6.76. The van der Waals surface area contributed by atoms with E-state index in [2.05, 4.69) is 9.47 Å². The van der Waals surface area contributed by atoms with Gasteiger partial charge in [-0.2, -0.15) is 79.0 Å². The van der Waals surface area contributed by atoms with Crippen LogP contribution in [0, 0.1) is 20.2 Å². The maximum Gasteiger partial charge on any atom is 0.442 e. The van der Waals surface area contributed by atoms with Crippen LogP contribution in [0.5, 0.6) is 11.5 Å². The average molecular weight is 788 g/mol. The van der Waals surface area contributed by atoms with Crippen LogP contribution >= 0.6 is 0 Å². The van der Waals surface area contributed by atoms with Gasteiger partial charge in [-0.1, -0.05) is 18.2 Å². The Morgan fingerprint density at radius 3 is 0.962 bits per heavy atom. The molecule has 0 atom stereocenters. The highest BCUT2D eigenvalue weighted by Crippen LogP contribution is 2.58. The summed E-state index contributed by atoms with van der Waals surface area (Å²) >= 11 is 0. The van der Waals surface area contributed by atoms with Crippen LogP contribution in [0.3, 0.4) is 0 Å². The number of halogens is 18. The second-order valence-corrected chi connectivity index (χ2v) is 10.0. The van der Waals surface area contributed by atoms with Crippen molar-refractivity contribution in [2.75, 3.05) is 0 Å². The van der Waals surface area contributed by atoms with E-state index in [1.165, 1.54) is 0 Å². The highest BCUT2D eigenvalue weighted by Gasteiger charge is 2.77. The largest absolute Gasteiger partial charge is 0.464 e. The highest BCUT2D eigenvalue weighted by atomic mass is 19.4. The number of hydrogen-bond acceptors (Lipinski definition) is 6. The molecule has 0 aliphatic carbocycles. The van der Waals surface area contributed by atoms with E-state index in [0.717, 1.165) is 0 Å². The minimum absolute atomic E-state index is 0.104. The van der Waals surface area contributed by atoms with Crippen molar-refractivity contribution < 1.29 is 98.3 Å². The first kappa shape index (κ1) is 41.2. The van der Waals surface area contributed by atoms with E-state index in [9.17, 15) is 99.3 Å². The molecule has 0 saturated heterocycles. The predicted octanol–water partition coefficient (Wildman–Crippen LogP) is 10.3. The fourth-order valence-corrected chi connectivity index (χ4v) is 4.50. The van der Waals surface area contributed by atoms with Crippen LogP contribution in [0.15, 0.2) is 60.7 Å². The molecule has 0 amide bonds. The number of benzene rings is 3. The summed E-state index contributed by atoms with van der Waals surface area (Å²) in [6.07, 6.45) is -40.9. The summed E-state index contributed by atoms with van der Waals surface area (Å²) < 4.78 is 264. The molecular formula is C26H10F18N2O6. The minimum atomic E-state index is -7.18. The van der Waals surface area contributed by atoms with Crippen LogP contribution < -0.4 is 9.47 Å². The lowest BCUT2D eigenvalue weighted by Crippen LogP contribution is -2.60. The molecule has 0 bridgehead atoms. The summed E-state index contributed by atoms with van der Waals surface area (Å²) in [6, 6.07) is -4.96. The molecule has 0 unspecified atom stereocenters. The molecule has 0 radical (unpaired) electrons. The SMILES string of the molecule is O=[N+]([O-])c1ccc(OC(c2cccc(C(Oc3ccc([N+](=O)[O-])cc3C(F)(F)F)(C(F)(F)F)C(F)(F)F)c2)(C(F)(F)F)C(F)(F)F)c(C(F)(F)F)c1. The molecule has 26 heteroatoms. The van der Waals surface area contributed by atoms with Crippen molar-refractivity contribution >= 4 is 11.4 Å². The van der Waals surface area contributed by atoms with E-state index < -0.39 is 146 Å². The highest BCUT2D eigenvalue weighted by molar-refractivity contribution is 5.49. The van der Waals surface area contributed by atoms with Gasteiger partial charge in [-0.05, 0) is 18.2 Å². The van der Waals surface area contributed by atoms with Crippen LogP contribution in [-0.2, 0) is 23.6 Å². The molecule has 52 heavy (non-hydrogen) atoms. The van der Waals surface area contributed by atoms with E-state index >= 15 is 0 Å². The molecular weight excluding hydrogens is 778 g/mol. The maximum atomic E-state index is 14.5. The Bertz CT molecular complexity index is 1680. The smallest absolute Gasteiger partial charge is 0.442 e. The van der Waals surface area contributed by atoms with Crippen LogP contribution in [0.2, 0.25) is 0 Å². The molecule has 286 valence electrons. The Balaban J connectivity index is 2.51. The van der Waals surface area contributed by atoms with Crippen LogP contribution in [-0.4, -0.2) is 34.6 Å². The van der Waals surface area contributed by atoms with Crippen molar-refractivity contribution in [1.82, 2.24) is 0 Å². The second-order valence-electron chi connectivity index (χ2n) is 10.0. The monoisotopic (exact) mass is 788 g/mol. The fraction of sp³-hybridized carbons (Fsp3) is 0.308. The number of nitro groups is 2. The number of alkyl halides is 18. The lowest BCUT2D eigenvalue weighted by molar-refractivity contribution is -0.385. The van der Waals surface area contributed by atoms with Crippen LogP contribution in [0.4, 0.5) is 90.4 Å². The third-order valence-electron chi connectivity index (χ3n) is 6.76. The summed E-state index contributed by atoms with van der Waals surface area (Å²) in [4.78, 5) is 18.6.